The van der Waals surface area contributed by atoms with Crippen LogP contribution in [0.25, 0.3) is 0 Å². The quantitative estimate of drug-likeness (QED) is 0.747. The average molecular weight is 210 g/mol. The van der Waals surface area contributed by atoms with Crippen LogP contribution in [0.1, 0.15) is 25.7 Å². The Morgan fingerprint density at radius 2 is 1.93 bits per heavy atom. The van der Waals surface area contributed by atoms with E-state index in [4.69, 9.17) is 4.74 Å². The molecule has 3 unspecified atom stereocenters. The molecule has 0 radical (unpaired) electrons. The van der Waals surface area contributed by atoms with Crippen LogP contribution < -0.4 is 5.32 Å². The topological polar surface area (TPSA) is 24.5 Å². The highest BCUT2D eigenvalue weighted by Gasteiger charge is 2.33. The molecule has 3 aliphatic heterocycles. The van der Waals surface area contributed by atoms with Crippen molar-refractivity contribution in [1.29, 1.82) is 0 Å². The largest absolute Gasteiger partial charge is 0.372 e. The van der Waals surface area contributed by atoms with Gasteiger partial charge in [-0.1, -0.05) is 0 Å². The first kappa shape index (κ1) is 10.1. The number of morpholine rings is 1. The van der Waals surface area contributed by atoms with Crippen molar-refractivity contribution in [3.8, 4) is 0 Å². The van der Waals surface area contributed by atoms with Gasteiger partial charge >= 0.3 is 0 Å². The highest BCUT2D eigenvalue weighted by molar-refractivity contribution is 4.85. The minimum atomic E-state index is 0.561. The molecule has 0 aliphatic carbocycles. The second kappa shape index (κ2) is 4.40. The molecule has 2 bridgehead atoms. The molecule has 0 saturated carbocycles. The van der Waals surface area contributed by atoms with Crippen molar-refractivity contribution < 1.29 is 4.74 Å². The number of likely N-dealkylation sites (tertiary alicyclic amines) is 1. The number of hydrogen-bond donors (Lipinski definition) is 1. The molecule has 86 valence electrons. The van der Waals surface area contributed by atoms with E-state index in [9.17, 15) is 0 Å². The van der Waals surface area contributed by atoms with Gasteiger partial charge in [0.05, 0.1) is 12.2 Å². The first-order valence-corrected chi connectivity index (χ1v) is 6.48. The zero-order valence-electron chi connectivity index (χ0n) is 9.45. The third-order valence-electron chi connectivity index (χ3n) is 4.14. The third-order valence-corrected chi connectivity index (χ3v) is 4.14. The number of nitrogens with one attached hydrogen (secondary N) is 1. The van der Waals surface area contributed by atoms with Crippen LogP contribution in [0.3, 0.4) is 0 Å². The summed E-state index contributed by atoms with van der Waals surface area (Å²) in [5, 5.41) is 3.45. The fourth-order valence-corrected chi connectivity index (χ4v) is 3.21. The van der Waals surface area contributed by atoms with E-state index in [1.165, 1.54) is 58.4 Å². The molecule has 3 heterocycles. The number of fused-ring (bicyclic) bond motifs is 2. The minimum absolute atomic E-state index is 0.561. The lowest BCUT2D eigenvalue weighted by atomic mass is 10.0. The monoisotopic (exact) mass is 210 g/mol. The number of nitrogens with zero attached hydrogens (tertiary/aromatic N) is 1. The molecule has 0 aromatic rings. The summed E-state index contributed by atoms with van der Waals surface area (Å²) in [6.07, 6.45) is 6.48. The molecule has 3 fully saturated rings. The van der Waals surface area contributed by atoms with E-state index in [1.807, 2.05) is 0 Å². The highest BCUT2D eigenvalue weighted by Crippen LogP contribution is 2.26. The summed E-state index contributed by atoms with van der Waals surface area (Å²) < 4.78 is 5.85. The Morgan fingerprint density at radius 1 is 1.13 bits per heavy atom. The SMILES string of the molecule is C1CC(CCN2CC3CCC(C2)O3)CN1. The summed E-state index contributed by atoms with van der Waals surface area (Å²) in [6.45, 7) is 6.16. The normalized spacial score (nSPS) is 41.2. The maximum atomic E-state index is 5.85. The van der Waals surface area contributed by atoms with Gasteiger partial charge < -0.3 is 10.1 Å². The van der Waals surface area contributed by atoms with E-state index >= 15 is 0 Å². The predicted octanol–water partition coefficient (Wildman–Crippen LogP) is 0.849. The van der Waals surface area contributed by atoms with Crippen molar-refractivity contribution in [2.75, 3.05) is 32.7 Å². The van der Waals surface area contributed by atoms with Gasteiger partial charge in [-0.05, 0) is 51.2 Å². The Balaban J connectivity index is 1.43. The Bertz CT molecular complexity index is 204. The highest BCUT2D eigenvalue weighted by atomic mass is 16.5. The second-order valence-electron chi connectivity index (χ2n) is 5.36. The van der Waals surface area contributed by atoms with Crippen molar-refractivity contribution in [1.82, 2.24) is 10.2 Å². The van der Waals surface area contributed by atoms with Crippen LogP contribution in [0.4, 0.5) is 0 Å². The molecule has 3 heteroatoms. The van der Waals surface area contributed by atoms with Gasteiger partial charge in [-0.15, -0.1) is 0 Å². The molecule has 0 amide bonds. The van der Waals surface area contributed by atoms with Gasteiger partial charge in [0.1, 0.15) is 0 Å². The fraction of sp³-hybridized carbons (Fsp3) is 1.00. The lowest BCUT2D eigenvalue weighted by molar-refractivity contribution is -0.0393. The molecule has 1 N–H and O–H groups in total. The molecule has 3 rings (SSSR count). The van der Waals surface area contributed by atoms with Gasteiger partial charge in [0, 0.05) is 13.1 Å². The van der Waals surface area contributed by atoms with E-state index < -0.39 is 0 Å². The van der Waals surface area contributed by atoms with Gasteiger partial charge in [-0.2, -0.15) is 0 Å². The lowest BCUT2D eigenvalue weighted by Gasteiger charge is -2.32. The van der Waals surface area contributed by atoms with Crippen molar-refractivity contribution >= 4 is 0 Å². The summed E-state index contributed by atoms with van der Waals surface area (Å²) in [7, 11) is 0. The second-order valence-corrected chi connectivity index (χ2v) is 5.36. The van der Waals surface area contributed by atoms with Crippen molar-refractivity contribution in [3.05, 3.63) is 0 Å². The van der Waals surface area contributed by atoms with E-state index in [-0.39, 0.29) is 0 Å². The fourth-order valence-electron chi connectivity index (χ4n) is 3.21. The zero-order chi connectivity index (χ0) is 10.1. The molecule has 3 aliphatic rings. The number of ether oxygens (including phenoxy) is 1. The van der Waals surface area contributed by atoms with Crippen LogP contribution in [0.2, 0.25) is 0 Å². The number of hydrogen-bond acceptors (Lipinski definition) is 3. The molecular weight excluding hydrogens is 188 g/mol. The molecule has 3 nitrogen and oxygen atoms in total. The predicted molar refractivity (Wildman–Crippen MR) is 59.9 cm³/mol. The van der Waals surface area contributed by atoms with Crippen LogP contribution in [0, 0.1) is 5.92 Å². The average Bonchev–Trinajstić information content (AvgIpc) is 2.86. The minimum Gasteiger partial charge on any atom is -0.372 e. The van der Waals surface area contributed by atoms with Gasteiger partial charge in [0.25, 0.3) is 0 Å². The van der Waals surface area contributed by atoms with E-state index in [1.54, 1.807) is 0 Å². The molecule has 0 spiro atoms. The number of rotatable bonds is 3. The van der Waals surface area contributed by atoms with Gasteiger partial charge in [-0.3, -0.25) is 4.90 Å². The van der Waals surface area contributed by atoms with Gasteiger partial charge in [-0.25, -0.2) is 0 Å². The maximum absolute atomic E-state index is 5.85. The Hall–Kier alpha value is -0.120. The molecule has 0 aromatic heterocycles. The van der Waals surface area contributed by atoms with Crippen LogP contribution in [0.5, 0.6) is 0 Å². The maximum Gasteiger partial charge on any atom is 0.0707 e. The Morgan fingerprint density at radius 3 is 2.60 bits per heavy atom. The summed E-state index contributed by atoms with van der Waals surface area (Å²) in [4.78, 5) is 2.63. The summed E-state index contributed by atoms with van der Waals surface area (Å²) >= 11 is 0. The van der Waals surface area contributed by atoms with Crippen molar-refractivity contribution in [2.24, 2.45) is 5.92 Å². The van der Waals surface area contributed by atoms with Crippen LogP contribution in [-0.2, 0) is 4.74 Å². The third kappa shape index (κ3) is 2.35. The smallest absolute Gasteiger partial charge is 0.0707 e. The zero-order valence-corrected chi connectivity index (χ0v) is 9.45. The summed E-state index contributed by atoms with van der Waals surface area (Å²) in [6, 6.07) is 0. The van der Waals surface area contributed by atoms with Crippen LogP contribution in [-0.4, -0.2) is 49.8 Å². The van der Waals surface area contributed by atoms with Gasteiger partial charge in [0.15, 0.2) is 0 Å². The molecule has 3 atom stereocenters. The first-order valence-electron chi connectivity index (χ1n) is 6.48. The van der Waals surface area contributed by atoms with Crippen molar-refractivity contribution in [2.45, 2.75) is 37.9 Å². The molecule has 0 aromatic carbocycles. The Labute approximate surface area is 92.2 Å². The summed E-state index contributed by atoms with van der Waals surface area (Å²) in [5.74, 6) is 0.936. The van der Waals surface area contributed by atoms with E-state index in [0.29, 0.717) is 12.2 Å². The van der Waals surface area contributed by atoms with Gasteiger partial charge in [0.2, 0.25) is 0 Å². The van der Waals surface area contributed by atoms with Crippen LogP contribution in [0.15, 0.2) is 0 Å². The van der Waals surface area contributed by atoms with E-state index in [0.717, 1.165) is 5.92 Å². The lowest BCUT2D eigenvalue weighted by Crippen LogP contribution is -2.43. The first-order chi connectivity index (χ1) is 7.40. The molecular formula is C12H22N2O. The molecule has 15 heavy (non-hydrogen) atoms. The molecule has 3 saturated heterocycles. The summed E-state index contributed by atoms with van der Waals surface area (Å²) in [5.41, 5.74) is 0. The standard InChI is InChI=1S/C12H22N2O/c1-2-12-9-14(8-11(1)15-12)6-4-10-3-5-13-7-10/h10-13H,1-9H2. The van der Waals surface area contributed by atoms with Crippen molar-refractivity contribution in [3.63, 3.8) is 0 Å². The Kier molecular flexibility index (Phi) is 2.95. The van der Waals surface area contributed by atoms with Crippen LogP contribution >= 0.6 is 0 Å². The van der Waals surface area contributed by atoms with E-state index in [2.05, 4.69) is 10.2 Å².